The highest BCUT2D eigenvalue weighted by Gasteiger charge is 2.39. The molecule has 10 heteroatoms. The SMILES string of the molecule is CC(S)NCc1nc(C2=N[C@](C)(C(=O)NCC(=O)O)CS2)cs1. The van der Waals surface area contributed by atoms with Gasteiger partial charge in [-0.3, -0.25) is 19.9 Å². The minimum Gasteiger partial charge on any atom is -0.480 e. The third kappa shape index (κ3) is 4.93. The quantitative estimate of drug-likeness (QED) is 0.419. The highest BCUT2D eigenvalue weighted by molar-refractivity contribution is 8.14. The van der Waals surface area contributed by atoms with Crippen molar-refractivity contribution in [3.05, 3.63) is 16.1 Å². The number of aliphatic carboxylic acids is 1. The number of amides is 1. The number of carboxylic acid groups (broad SMARTS) is 1. The molecule has 7 nitrogen and oxygen atoms in total. The second-order valence-electron chi connectivity index (χ2n) is 5.24. The Morgan fingerprint density at radius 1 is 1.57 bits per heavy atom. The molecule has 0 radical (unpaired) electrons. The van der Waals surface area contributed by atoms with Crippen LogP contribution in [0, 0.1) is 0 Å². The number of aromatic nitrogens is 1. The van der Waals surface area contributed by atoms with Crippen molar-refractivity contribution >= 4 is 52.6 Å². The maximum atomic E-state index is 12.1. The molecule has 0 fully saturated rings. The fourth-order valence-electron chi connectivity index (χ4n) is 1.82. The summed E-state index contributed by atoms with van der Waals surface area (Å²) in [5.74, 6) is -0.998. The van der Waals surface area contributed by atoms with Crippen LogP contribution in [-0.4, -0.2) is 50.2 Å². The molecular weight excluding hydrogens is 356 g/mol. The van der Waals surface area contributed by atoms with E-state index in [1.54, 1.807) is 6.92 Å². The minimum atomic E-state index is -1.08. The normalized spacial score (nSPS) is 21.8. The first kappa shape index (κ1) is 18.2. The number of thioether (sulfide) groups is 1. The summed E-state index contributed by atoms with van der Waals surface area (Å²) in [6, 6.07) is 0. The number of carbonyl (C=O) groups excluding carboxylic acids is 1. The van der Waals surface area contributed by atoms with Crippen LogP contribution in [0.15, 0.2) is 10.4 Å². The first-order valence-corrected chi connectivity index (χ1v) is 9.27. The number of hydrogen-bond acceptors (Lipinski definition) is 8. The second-order valence-corrected chi connectivity index (χ2v) is 7.92. The molecule has 1 aliphatic rings. The molecule has 0 saturated heterocycles. The van der Waals surface area contributed by atoms with Gasteiger partial charge in [0.2, 0.25) is 5.91 Å². The lowest BCUT2D eigenvalue weighted by molar-refractivity contribution is -0.138. The average Bonchev–Trinajstić information content (AvgIpc) is 3.09. The van der Waals surface area contributed by atoms with Crippen molar-refractivity contribution in [1.29, 1.82) is 0 Å². The maximum absolute atomic E-state index is 12.1. The van der Waals surface area contributed by atoms with Crippen molar-refractivity contribution in [3.63, 3.8) is 0 Å². The predicted molar refractivity (Wildman–Crippen MR) is 95.4 cm³/mol. The molecule has 1 aromatic rings. The first-order chi connectivity index (χ1) is 10.8. The number of thiazole rings is 1. The van der Waals surface area contributed by atoms with Gasteiger partial charge in [0.05, 0.1) is 0 Å². The first-order valence-electron chi connectivity index (χ1n) is 6.89. The van der Waals surface area contributed by atoms with Crippen LogP contribution in [0.3, 0.4) is 0 Å². The lowest BCUT2D eigenvalue weighted by atomic mass is 10.1. The van der Waals surface area contributed by atoms with Crippen molar-refractivity contribution in [3.8, 4) is 0 Å². The topological polar surface area (TPSA) is 104 Å². The van der Waals surface area contributed by atoms with Gasteiger partial charge in [-0.05, 0) is 13.8 Å². The van der Waals surface area contributed by atoms with E-state index >= 15 is 0 Å². The molecular formula is C13H18N4O3S3. The summed E-state index contributed by atoms with van der Waals surface area (Å²) in [5.41, 5.74) is -0.213. The Labute approximate surface area is 147 Å². The van der Waals surface area contributed by atoms with Crippen LogP contribution < -0.4 is 10.6 Å². The van der Waals surface area contributed by atoms with Crippen LogP contribution in [0.1, 0.15) is 24.5 Å². The van der Waals surface area contributed by atoms with Crippen LogP contribution in [0.25, 0.3) is 0 Å². The van der Waals surface area contributed by atoms with Gasteiger partial charge < -0.3 is 10.4 Å². The van der Waals surface area contributed by atoms with E-state index in [-0.39, 0.29) is 11.3 Å². The highest BCUT2D eigenvalue weighted by atomic mass is 32.2. The molecule has 0 bridgehead atoms. The average molecular weight is 375 g/mol. The third-order valence-corrected chi connectivity index (χ3v) is 5.36. The molecule has 0 aliphatic carbocycles. The molecule has 2 atom stereocenters. The zero-order valence-electron chi connectivity index (χ0n) is 12.7. The Morgan fingerprint density at radius 2 is 2.30 bits per heavy atom. The Kier molecular flexibility index (Phi) is 6.06. The van der Waals surface area contributed by atoms with Gasteiger partial charge >= 0.3 is 5.97 Å². The smallest absolute Gasteiger partial charge is 0.322 e. The van der Waals surface area contributed by atoms with Gasteiger partial charge in [-0.1, -0.05) is 0 Å². The zero-order valence-corrected chi connectivity index (χ0v) is 15.2. The van der Waals surface area contributed by atoms with Gasteiger partial charge in [-0.2, -0.15) is 12.6 Å². The van der Waals surface area contributed by atoms with Gasteiger partial charge in [0.15, 0.2) is 0 Å². The summed E-state index contributed by atoms with van der Waals surface area (Å²) in [6.45, 7) is 3.86. The minimum absolute atomic E-state index is 0.0850. The Morgan fingerprint density at radius 3 is 2.96 bits per heavy atom. The molecule has 1 aliphatic heterocycles. The molecule has 126 valence electrons. The number of nitrogens with zero attached hydrogens (tertiary/aromatic N) is 2. The Balaban J connectivity index is 2.04. The number of thiol groups is 1. The summed E-state index contributed by atoms with van der Waals surface area (Å²) in [5, 5.41) is 17.8. The molecule has 0 spiro atoms. The maximum Gasteiger partial charge on any atom is 0.322 e. The van der Waals surface area contributed by atoms with Crippen molar-refractivity contribution < 1.29 is 14.7 Å². The van der Waals surface area contributed by atoms with Crippen molar-refractivity contribution in [1.82, 2.24) is 15.6 Å². The number of hydrogen-bond donors (Lipinski definition) is 4. The van der Waals surface area contributed by atoms with Gasteiger partial charge in [-0.15, -0.1) is 23.1 Å². The molecule has 3 N–H and O–H groups in total. The van der Waals surface area contributed by atoms with Crippen LogP contribution in [-0.2, 0) is 16.1 Å². The zero-order chi connectivity index (χ0) is 17.0. The summed E-state index contributed by atoms with van der Waals surface area (Å²) >= 11 is 7.23. The summed E-state index contributed by atoms with van der Waals surface area (Å²) in [7, 11) is 0. The fourth-order valence-corrected chi connectivity index (χ4v) is 3.84. The highest BCUT2D eigenvalue weighted by Crippen LogP contribution is 2.31. The van der Waals surface area contributed by atoms with E-state index in [1.165, 1.54) is 23.1 Å². The predicted octanol–water partition coefficient (Wildman–Crippen LogP) is 0.961. The van der Waals surface area contributed by atoms with Crippen LogP contribution >= 0.6 is 35.7 Å². The molecule has 2 rings (SSSR count). The Bertz CT molecular complexity index is 632. The van der Waals surface area contributed by atoms with E-state index in [2.05, 4.69) is 33.2 Å². The van der Waals surface area contributed by atoms with E-state index in [1.807, 2.05) is 12.3 Å². The van der Waals surface area contributed by atoms with E-state index in [0.29, 0.717) is 17.3 Å². The van der Waals surface area contributed by atoms with Gasteiger partial charge in [0.25, 0.3) is 0 Å². The Hall–Kier alpha value is -1.10. The monoisotopic (exact) mass is 374 g/mol. The standard InChI is InChI=1S/C13H18N4O3S3/c1-7(21)14-3-9-16-8(5-22-9)11-17-13(2,6-23-11)12(20)15-4-10(18)19/h5,7,14,21H,3-4,6H2,1-2H3,(H,15,20)(H,18,19)/t7?,13-/m0/s1. The molecule has 0 saturated carbocycles. The summed E-state index contributed by atoms with van der Waals surface area (Å²) in [4.78, 5) is 31.6. The summed E-state index contributed by atoms with van der Waals surface area (Å²) < 4.78 is 0. The van der Waals surface area contributed by atoms with Crippen LogP contribution in [0.5, 0.6) is 0 Å². The van der Waals surface area contributed by atoms with E-state index < -0.39 is 18.1 Å². The third-order valence-electron chi connectivity index (χ3n) is 3.05. The van der Waals surface area contributed by atoms with Crippen molar-refractivity contribution in [2.24, 2.45) is 4.99 Å². The molecule has 1 aromatic heterocycles. The van der Waals surface area contributed by atoms with E-state index in [4.69, 9.17) is 5.11 Å². The molecule has 23 heavy (non-hydrogen) atoms. The van der Waals surface area contributed by atoms with Crippen molar-refractivity contribution in [2.45, 2.75) is 31.3 Å². The fraction of sp³-hybridized carbons (Fsp3) is 0.538. The molecule has 1 unspecified atom stereocenters. The number of aliphatic imine (C=N–C) groups is 1. The number of nitrogens with one attached hydrogen (secondary N) is 2. The van der Waals surface area contributed by atoms with E-state index in [0.717, 1.165) is 10.7 Å². The number of carboxylic acids is 1. The van der Waals surface area contributed by atoms with Gasteiger partial charge in [-0.25, -0.2) is 4.98 Å². The van der Waals surface area contributed by atoms with Crippen LogP contribution in [0.2, 0.25) is 0 Å². The molecule has 0 aromatic carbocycles. The lowest BCUT2D eigenvalue weighted by Gasteiger charge is -2.17. The van der Waals surface area contributed by atoms with Crippen molar-refractivity contribution in [2.75, 3.05) is 12.3 Å². The molecule has 2 heterocycles. The molecule has 1 amide bonds. The number of carbonyl (C=O) groups is 2. The summed E-state index contributed by atoms with van der Waals surface area (Å²) in [6.07, 6.45) is 0. The van der Waals surface area contributed by atoms with Crippen LogP contribution in [0.4, 0.5) is 0 Å². The second kappa shape index (κ2) is 7.65. The lowest BCUT2D eigenvalue weighted by Crippen LogP contribution is -2.45. The van der Waals surface area contributed by atoms with Gasteiger partial charge in [0, 0.05) is 23.1 Å². The number of rotatable bonds is 7. The van der Waals surface area contributed by atoms with Gasteiger partial charge in [0.1, 0.15) is 27.8 Å². The van der Waals surface area contributed by atoms with E-state index in [9.17, 15) is 9.59 Å². The largest absolute Gasteiger partial charge is 0.480 e.